The minimum absolute atomic E-state index is 0.0666. The van der Waals surface area contributed by atoms with Crippen LogP contribution in [0.15, 0.2) is 87.8 Å². The third-order valence-electron chi connectivity index (χ3n) is 7.89. The summed E-state index contributed by atoms with van der Waals surface area (Å²) in [6.45, 7) is 10.7. The zero-order chi connectivity index (χ0) is 28.8. The van der Waals surface area contributed by atoms with Crippen LogP contribution in [-0.2, 0) is 11.4 Å². The van der Waals surface area contributed by atoms with E-state index in [0.29, 0.717) is 36.4 Å². The summed E-state index contributed by atoms with van der Waals surface area (Å²) in [5.74, 6) is 0.704. The zero-order valence-electron chi connectivity index (χ0n) is 23.6. The molecule has 0 bridgehead atoms. The van der Waals surface area contributed by atoms with Gasteiger partial charge in [0.15, 0.2) is 5.78 Å². The molecule has 2 N–H and O–H groups in total. The minimum Gasteiger partial charge on any atom is -0.489 e. The number of benzene rings is 3. The maximum absolute atomic E-state index is 14.0. The van der Waals surface area contributed by atoms with Crippen molar-refractivity contribution >= 4 is 27.4 Å². The van der Waals surface area contributed by atoms with E-state index in [4.69, 9.17) is 10.5 Å². The number of Topliss-reactive ketones (excluding diaryl/α,β-unsaturated/α-hetero) is 1. The van der Waals surface area contributed by atoms with Gasteiger partial charge in [-0.2, -0.15) is 5.26 Å². The molecule has 2 aliphatic rings. The smallest absolute Gasteiger partial charge is 0.162 e. The van der Waals surface area contributed by atoms with Crippen LogP contribution in [0.3, 0.4) is 0 Å². The van der Waals surface area contributed by atoms with Gasteiger partial charge in [-0.3, -0.25) is 9.69 Å². The molecule has 0 fully saturated rings. The van der Waals surface area contributed by atoms with E-state index in [1.807, 2.05) is 74.2 Å². The Kier molecular flexibility index (Phi) is 7.37. The topological polar surface area (TPSA) is 79.3 Å². The van der Waals surface area contributed by atoms with Crippen LogP contribution >= 0.6 is 15.9 Å². The van der Waals surface area contributed by atoms with Gasteiger partial charge in [-0.25, -0.2) is 0 Å². The number of nitriles is 1. The van der Waals surface area contributed by atoms with Gasteiger partial charge in [0.2, 0.25) is 0 Å². The zero-order valence-corrected chi connectivity index (χ0v) is 25.2. The maximum atomic E-state index is 14.0. The fourth-order valence-corrected chi connectivity index (χ4v) is 6.18. The van der Waals surface area contributed by atoms with Crippen molar-refractivity contribution in [2.45, 2.75) is 60.0 Å². The van der Waals surface area contributed by atoms with Gasteiger partial charge in [0.1, 0.15) is 18.2 Å². The third kappa shape index (κ3) is 5.19. The highest BCUT2D eigenvalue weighted by Gasteiger charge is 2.45. The van der Waals surface area contributed by atoms with Crippen LogP contribution in [0, 0.1) is 37.5 Å². The average molecular weight is 597 g/mol. The Labute approximate surface area is 245 Å². The van der Waals surface area contributed by atoms with E-state index in [0.717, 1.165) is 43.9 Å². The minimum atomic E-state index is -0.534. The van der Waals surface area contributed by atoms with E-state index < -0.39 is 5.92 Å². The number of rotatable bonds is 5. The number of ketones is 1. The summed E-state index contributed by atoms with van der Waals surface area (Å²) >= 11 is 3.51. The van der Waals surface area contributed by atoms with Crippen molar-refractivity contribution in [2.24, 2.45) is 11.1 Å². The number of ether oxygens (including phenoxy) is 1. The first-order chi connectivity index (χ1) is 19.0. The molecule has 0 amide bonds. The molecule has 0 aromatic heterocycles. The van der Waals surface area contributed by atoms with Crippen molar-refractivity contribution in [1.82, 2.24) is 0 Å². The van der Waals surface area contributed by atoms with Crippen LogP contribution in [0.5, 0.6) is 5.75 Å². The SMILES string of the molecule is Cc1ccc(OCc2cc(C)cc(C3C(C#N)=C(N)N(c4ccc(Br)cc4)C4=C3C(=O)CC(C)(C)C4)c2C)cc1. The van der Waals surface area contributed by atoms with E-state index in [2.05, 4.69) is 48.0 Å². The van der Waals surface area contributed by atoms with Crippen LogP contribution < -0.4 is 15.4 Å². The molecule has 6 heteroatoms. The second-order valence-electron chi connectivity index (χ2n) is 11.7. The Morgan fingerprint density at radius 1 is 1.02 bits per heavy atom. The Morgan fingerprint density at radius 3 is 2.35 bits per heavy atom. The predicted octanol–water partition coefficient (Wildman–Crippen LogP) is 7.89. The summed E-state index contributed by atoms with van der Waals surface area (Å²) in [5.41, 5.74) is 14.6. The van der Waals surface area contributed by atoms with Gasteiger partial charge in [0, 0.05) is 27.9 Å². The highest BCUT2D eigenvalue weighted by Crippen LogP contribution is 2.51. The highest BCUT2D eigenvalue weighted by atomic mass is 79.9. The van der Waals surface area contributed by atoms with Crippen LogP contribution in [-0.4, -0.2) is 5.78 Å². The summed E-state index contributed by atoms with van der Waals surface area (Å²) in [5, 5.41) is 10.5. The molecule has 40 heavy (non-hydrogen) atoms. The number of aryl methyl sites for hydroxylation is 2. The average Bonchev–Trinajstić information content (AvgIpc) is 2.89. The first-order valence-corrected chi connectivity index (χ1v) is 14.3. The van der Waals surface area contributed by atoms with Crippen LogP contribution in [0.2, 0.25) is 0 Å². The number of hydrogen-bond donors (Lipinski definition) is 1. The molecule has 5 nitrogen and oxygen atoms in total. The molecule has 1 atom stereocenters. The summed E-state index contributed by atoms with van der Waals surface area (Å²) in [6, 6.07) is 22.4. The second kappa shape index (κ2) is 10.6. The largest absolute Gasteiger partial charge is 0.489 e. The van der Waals surface area contributed by atoms with Crippen molar-refractivity contribution in [1.29, 1.82) is 5.26 Å². The molecule has 204 valence electrons. The fraction of sp³-hybridized carbons (Fsp3) is 0.294. The molecule has 1 aliphatic heterocycles. The number of carbonyl (C=O) groups is 1. The summed E-state index contributed by atoms with van der Waals surface area (Å²) in [4.78, 5) is 15.9. The Morgan fingerprint density at radius 2 is 1.70 bits per heavy atom. The number of anilines is 1. The molecule has 3 aromatic rings. The quantitative estimate of drug-likeness (QED) is 0.324. The van der Waals surface area contributed by atoms with E-state index in [9.17, 15) is 10.1 Å². The highest BCUT2D eigenvalue weighted by molar-refractivity contribution is 9.10. The summed E-state index contributed by atoms with van der Waals surface area (Å²) in [6.07, 6.45) is 1.09. The van der Waals surface area contributed by atoms with Gasteiger partial charge < -0.3 is 10.5 Å². The van der Waals surface area contributed by atoms with Crippen molar-refractivity contribution in [3.05, 3.63) is 116 Å². The van der Waals surface area contributed by atoms with Gasteiger partial charge in [-0.05, 0) is 85.7 Å². The van der Waals surface area contributed by atoms with Crippen molar-refractivity contribution in [3.63, 3.8) is 0 Å². The van der Waals surface area contributed by atoms with Gasteiger partial charge in [-0.1, -0.05) is 65.2 Å². The Hall–Kier alpha value is -3.82. The molecule has 1 unspecified atom stereocenters. The molecular formula is C34H34BrN3O2. The first kappa shape index (κ1) is 27.7. The number of allylic oxidation sites excluding steroid dienone is 3. The molecule has 0 spiro atoms. The fourth-order valence-electron chi connectivity index (χ4n) is 5.91. The van der Waals surface area contributed by atoms with Crippen molar-refractivity contribution < 1.29 is 9.53 Å². The summed E-state index contributed by atoms with van der Waals surface area (Å²) in [7, 11) is 0. The Balaban J connectivity index is 1.66. The Bertz CT molecular complexity index is 1590. The number of halogens is 1. The lowest BCUT2D eigenvalue weighted by Crippen LogP contribution is -2.42. The number of carbonyl (C=O) groups excluding carboxylic acids is 1. The van der Waals surface area contributed by atoms with Crippen LogP contribution in [0.25, 0.3) is 0 Å². The molecule has 1 heterocycles. The molecule has 3 aromatic carbocycles. The van der Waals surface area contributed by atoms with E-state index in [-0.39, 0.29) is 11.2 Å². The van der Waals surface area contributed by atoms with E-state index >= 15 is 0 Å². The monoisotopic (exact) mass is 595 g/mol. The van der Waals surface area contributed by atoms with E-state index in [1.54, 1.807) is 0 Å². The van der Waals surface area contributed by atoms with Gasteiger partial charge in [0.25, 0.3) is 0 Å². The third-order valence-corrected chi connectivity index (χ3v) is 8.42. The lowest BCUT2D eigenvalue weighted by molar-refractivity contribution is -0.118. The van der Waals surface area contributed by atoms with Crippen molar-refractivity contribution in [3.8, 4) is 11.8 Å². The summed E-state index contributed by atoms with van der Waals surface area (Å²) < 4.78 is 7.09. The van der Waals surface area contributed by atoms with Crippen molar-refractivity contribution in [2.75, 3.05) is 4.90 Å². The molecule has 0 radical (unpaired) electrons. The number of hydrogen-bond acceptors (Lipinski definition) is 5. The van der Waals surface area contributed by atoms with Gasteiger partial charge in [0.05, 0.1) is 17.6 Å². The van der Waals surface area contributed by atoms with Crippen LogP contribution in [0.4, 0.5) is 5.69 Å². The normalized spacial score (nSPS) is 18.5. The van der Waals surface area contributed by atoms with Gasteiger partial charge in [-0.15, -0.1) is 0 Å². The molecule has 0 saturated heterocycles. The predicted molar refractivity (Wildman–Crippen MR) is 163 cm³/mol. The molecule has 0 saturated carbocycles. The number of nitrogens with zero attached hydrogens (tertiary/aromatic N) is 2. The second-order valence-corrected chi connectivity index (χ2v) is 12.6. The van der Waals surface area contributed by atoms with E-state index in [1.165, 1.54) is 5.56 Å². The lowest BCUT2D eigenvalue weighted by Gasteiger charge is -2.44. The maximum Gasteiger partial charge on any atom is 0.162 e. The first-order valence-electron chi connectivity index (χ1n) is 13.5. The molecule has 5 rings (SSSR count). The molecular weight excluding hydrogens is 562 g/mol. The number of nitrogens with two attached hydrogens (primary N) is 1. The lowest BCUT2D eigenvalue weighted by atomic mass is 9.68. The molecule has 1 aliphatic carbocycles. The standard InChI is InChI=1S/C34H34BrN3O2/c1-20-6-12-26(13-7-20)40-19-23-14-21(2)15-27(22(23)3)31-28(18-36)33(37)38(25-10-8-24(35)9-11-25)29-16-34(4,5)17-30(39)32(29)31/h6-15,31H,16-17,19,37H2,1-5H3. The van der Waals surface area contributed by atoms with Crippen LogP contribution in [0.1, 0.15) is 60.4 Å². The van der Waals surface area contributed by atoms with Gasteiger partial charge >= 0.3 is 0 Å².